The highest BCUT2D eigenvalue weighted by Crippen LogP contribution is 2.86. The van der Waals surface area contributed by atoms with Crippen molar-refractivity contribution in [1.82, 2.24) is 0 Å². The standard InChI is InChI=1S/C72H92N2O4/c1-59-21-45-22-60(2,27-59)32-67(25-45,31-59)51-17-47(9-15-57(51)77-49-11-13-53(73)55(75)19-49)69-35-63(5)29-64(6,36-69)40-71(39-63,43-69)72-41-65(7)30-66(8,42-72)38-70(37-65,44-72)48-10-16-58(78-50-12-14-54(74)56(76)20-50)52(18-48)68-26-46-23-61(3,33-68)28-62(4,24-46)34-68/h9-20,45-46,75-76H,21-44,73-74H2,1-8H3. The van der Waals surface area contributed by atoms with Crippen LogP contribution in [0.15, 0.2) is 72.8 Å². The van der Waals surface area contributed by atoms with E-state index in [4.69, 9.17) is 20.9 Å². The van der Waals surface area contributed by atoms with Crippen LogP contribution in [0.25, 0.3) is 0 Å². The molecule has 0 aromatic heterocycles. The van der Waals surface area contributed by atoms with Crippen molar-refractivity contribution >= 4 is 11.4 Å². The molecule has 8 atom stereocenters. The molecule has 0 amide bonds. The highest BCUT2D eigenvalue weighted by Gasteiger charge is 2.77. The summed E-state index contributed by atoms with van der Waals surface area (Å²) in [6.07, 6.45) is 31.7. The summed E-state index contributed by atoms with van der Waals surface area (Å²) in [7, 11) is 0. The predicted molar refractivity (Wildman–Crippen MR) is 312 cm³/mol. The van der Waals surface area contributed by atoms with Crippen molar-refractivity contribution < 1.29 is 19.7 Å². The van der Waals surface area contributed by atoms with E-state index in [2.05, 4.69) is 91.8 Å². The lowest BCUT2D eigenvalue weighted by atomic mass is 9.24. The maximum absolute atomic E-state index is 10.8. The Kier molecular flexibility index (Phi) is 9.29. The molecule has 16 saturated carbocycles. The van der Waals surface area contributed by atoms with Gasteiger partial charge in [-0.1, -0.05) is 79.7 Å². The Morgan fingerprint density at radius 3 is 0.987 bits per heavy atom. The number of anilines is 2. The molecule has 0 aliphatic heterocycles. The van der Waals surface area contributed by atoms with Gasteiger partial charge in [0.05, 0.1) is 11.4 Å². The van der Waals surface area contributed by atoms with E-state index in [0.717, 1.165) is 23.3 Å². The lowest BCUT2D eigenvalue weighted by Crippen LogP contribution is -2.71. The number of phenols is 2. The zero-order valence-corrected chi connectivity index (χ0v) is 48.9. The Morgan fingerprint density at radius 1 is 0.346 bits per heavy atom. The van der Waals surface area contributed by atoms with Crippen LogP contribution in [-0.4, -0.2) is 10.2 Å². The van der Waals surface area contributed by atoms with Crippen molar-refractivity contribution in [1.29, 1.82) is 0 Å². The number of rotatable bonds is 9. The van der Waals surface area contributed by atoms with Gasteiger partial charge in [-0.3, -0.25) is 0 Å². The normalized spacial score (nSPS) is 49.2. The smallest absolute Gasteiger partial charge is 0.142 e. The minimum Gasteiger partial charge on any atom is -0.506 e. The van der Waals surface area contributed by atoms with Gasteiger partial charge >= 0.3 is 0 Å². The summed E-state index contributed by atoms with van der Waals surface area (Å²) < 4.78 is 14.1. The van der Waals surface area contributed by atoms with Gasteiger partial charge in [0.1, 0.15) is 34.5 Å². The molecule has 16 aliphatic rings. The van der Waals surface area contributed by atoms with Crippen LogP contribution in [-0.2, 0) is 21.7 Å². The fourth-order valence-electron chi connectivity index (χ4n) is 28.8. The van der Waals surface area contributed by atoms with Crippen molar-refractivity contribution in [2.45, 2.75) is 231 Å². The molecule has 6 nitrogen and oxygen atoms in total. The summed E-state index contributed by atoms with van der Waals surface area (Å²) in [5.74, 6) is 5.03. The van der Waals surface area contributed by atoms with Gasteiger partial charge in [-0.15, -0.1) is 0 Å². The molecule has 16 fully saturated rings. The Balaban J connectivity index is 0.825. The summed E-state index contributed by atoms with van der Waals surface area (Å²) in [4.78, 5) is 0. The van der Waals surface area contributed by atoms with Gasteiger partial charge in [-0.05, 0) is 278 Å². The van der Waals surface area contributed by atoms with Crippen LogP contribution in [0.5, 0.6) is 34.5 Å². The van der Waals surface area contributed by atoms with Crippen LogP contribution in [0.1, 0.15) is 232 Å². The number of hydrogen-bond donors (Lipinski definition) is 4. The number of nitrogens with two attached hydrogens (primary N) is 2. The van der Waals surface area contributed by atoms with Gasteiger partial charge in [0.25, 0.3) is 0 Å². The summed E-state index contributed by atoms with van der Waals surface area (Å²) in [6.45, 7) is 21.5. The second-order valence-electron chi connectivity index (χ2n) is 35.4. The number of ether oxygens (including phenoxy) is 2. The minimum absolute atomic E-state index is 0.0787. The lowest BCUT2D eigenvalue weighted by molar-refractivity contribution is -0.275. The first kappa shape index (κ1) is 49.5. The Morgan fingerprint density at radius 2 is 0.667 bits per heavy atom. The third kappa shape index (κ3) is 6.97. The highest BCUT2D eigenvalue weighted by atomic mass is 16.5. The van der Waals surface area contributed by atoms with E-state index in [1.807, 2.05) is 12.1 Å². The van der Waals surface area contributed by atoms with Gasteiger partial charge < -0.3 is 31.2 Å². The molecule has 16 bridgehead atoms. The summed E-state index contributed by atoms with van der Waals surface area (Å²) >= 11 is 0. The largest absolute Gasteiger partial charge is 0.506 e. The quantitative estimate of drug-likeness (QED) is 0.0982. The van der Waals surface area contributed by atoms with Crippen molar-refractivity contribution in [2.75, 3.05) is 11.5 Å². The van der Waals surface area contributed by atoms with Crippen molar-refractivity contribution in [3.8, 4) is 34.5 Å². The maximum atomic E-state index is 10.8. The third-order valence-electron chi connectivity index (χ3n) is 26.3. The molecule has 20 rings (SSSR count). The van der Waals surface area contributed by atoms with Crippen LogP contribution >= 0.6 is 0 Å². The van der Waals surface area contributed by atoms with Gasteiger partial charge in [0.15, 0.2) is 0 Å². The molecule has 16 aliphatic carbocycles. The second-order valence-corrected chi connectivity index (χ2v) is 35.4. The van der Waals surface area contributed by atoms with Crippen LogP contribution < -0.4 is 20.9 Å². The van der Waals surface area contributed by atoms with E-state index >= 15 is 0 Å². The second kappa shape index (κ2) is 14.6. The van der Waals surface area contributed by atoms with E-state index in [1.54, 1.807) is 35.4 Å². The number of aromatic hydroxyl groups is 2. The molecule has 0 spiro atoms. The molecule has 0 radical (unpaired) electrons. The molecule has 8 unspecified atom stereocenters. The number of nitrogen functional groups attached to an aromatic ring is 2. The lowest BCUT2D eigenvalue weighted by Gasteiger charge is -2.80. The van der Waals surface area contributed by atoms with Crippen molar-refractivity contribution in [2.24, 2.45) is 66.0 Å². The van der Waals surface area contributed by atoms with E-state index < -0.39 is 0 Å². The van der Waals surface area contributed by atoms with E-state index in [1.165, 1.54) is 165 Å². The molecule has 414 valence electrons. The first-order valence-electron chi connectivity index (χ1n) is 31.3. The van der Waals surface area contributed by atoms with Crippen molar-refractivity contribution in [3.05, 3.63) is 95.1 Å². The highest BCUT2D eigenvalue weighted by molar-refractivity contribution is 5.58. The Bertz CT molecular complexity index is 2990. The number of benzene rings is 4. The molecule has 0 heterocycles. The van der Waals surface area contributed by atoms with Gasteiger partial charge in [-0.25, -0.2) is 0 Å². The SMILES string of the molecule is CC12CC3CC(C)(C1)CC(c1cc(C45CC6(C)CC(C)(C4)CC(C47CC8(C)CC(C)(CC(c9ccc(Oc%10ccc(N)c(O)c%10)c(C%10%11CC%12CC(C)(CC(C)(C%12)C%10)C%11)c9)(C8)C4)C7)(C6)C5)ccc1Oc1ccc(N)c(O)c1)(C3)C2. The average molecular weight is 1050 g/mol. The van der Waals surface area contributed by atoms with E-state index in [-0.39, 0.29) is 65.6 Å². The van der Waals surface area contributed by atoms with Crippen LogP contribution in [0, 0.1) is 66.0 Å². The minimum atomic E-state index is 0.0787. The maximum Gasteiger partial charge on any atom is 0.142 e. The molecular weight excluding hydrogens is 957 g/mol. The first-order chi connectivity index (χ1) is 36.5. The summed E-state index contributed by atoms with van der Waals surface area (Å²) in [5.41, 5.74) is 22.7. The Labute approximate surface area is 467 Å². The molecule has 6 heteroatoms. The topological polar surface area (TPSA) is 111 Å². The van der Waals surface area contributed by atoms with Gasteiger partial charge in [0, 0.05) is 34.1 Å². The van der Waals surface area contributed by atoms with Gasteiger partial charge in [0.2, 0.25) is 0 Å². The molecule has 4 aromatic carbocycles. The third-order valence-corrected chi connectivity index (χ3v) is 26.3. The first-order valence-corrected chi connectivity index (χ1v) is 31.3. The molecule has 4 aromatic rings. The average Bonchev–Trinajstić information content (AvgIpc) is 0.979. The fraction of sp³-hybridized carbons (Fsp3) is 0.667. The van der Waals surface area contributed by atoms with Crippen LogP contribution in [0.2, 0.25) is 0 Å². The van der Waals surface area contributed by atoms with E-state index in [0.29, 0.717) is 44.5 Å². The molecule has 78 heavy (non-hydrogen) atoms. The summed E-state index contributed by atoms with van der Waals surface area (Å²) in [6, 6.07) is 26.4. The Hall–Kier alpha value is -4.32. The molecular formula is C72H92N2O4. The van der Waals surface area contributed by atoms with Crippen LogP contribution in [0.3, 0.4) is 0 Å². The zero-order valence-electron chi connectivity index (χ0n) is 48.9. The number of hydrogen-bond acceptors (Lipinski definition) is 6. The van der Waals surface area contributed by atoms with Crippen molar-refractivity contribution in [3.63, 3.8) is 0 Å². The van der Waals surface area contributed by atoms with Gasteiger partial charge in [-0.2, -0.15) is 0 Å². The van der Waals surface area contributed by atoms with Crippen LogP contribution in [0.4, 0.5) is 11.4 Å². The number of phenolic OH excluding ortho intramolecular Hbond substituents is 2. The monoisotopic (exact) mass is 1050 g/mol. The summed E-state index contributed by atoms with van der Waals surface area (Å²) in [5, 5.41) is 21.7. The zero-order chi connectivity index (χ0) is 54.0. The fourth-order valence-corrected chi connectivity index (χ4v) is 28.8. The molecule has 6 N–H and O–H groups in total. The predicted octanol–water partition coefficient (Wildman–Crippen LogP) is 18.3. The molecule has 0 saturated heterocycles. The van der Waals surface area contributed by atoms with E-state index in [9.17, 15) is 10.2 Å².